The zero-order valence-corrected chi connectivity index (χ0v) is 38.8. The summed E-state index contributed by atoms with van der Waals surface area (Å²) in [5.74, 6) is -1.80. The normalized spacial score (nSPS) is 35.4. The molecule has 9 rings (SSSR count). The Morgan fingerprint density at radius 3 is 2.57 bits per heavy atom. The largest absolute Gasteiger partial charge is 0.496 e. The van der Waals surface area contributed by atoms with Crippen molar-refractivity contribution in [3.05, 3.63) is 70.9 Å². The number of anilines is 1. The number of methoxy groups -OCH3 is 2. The number of piperidine rings is 2. The Kier molecular flexibility index (Phi) is 11.9. The Morgan fingerprint density at radius 2 is 1.85 bits per heavy atom. The number of para-hydroxylation sites is 1. The monoisotopic (exact) mass is 897 g/mol. The number of likely N-dealkylation sites (N-methyl/N-ethyl adjacent to an activating group) is 1. The molecule has 3 aromatic rings. The predicted octanol–water partition coefficient (Wildman–Crippen LogP) is 3.11. The molecule has 3 fully saturated rings. The Labute approximate surface area is 381 Å². The molecule has 6 aliphatic rings. The first-order chi connectivity index (χ1) is 31.1. The standard InChI is InChI=1S/C50H68N6O9/c1-7-47(61)25-30-26-49(46(60)64-6,40-33(15-20-55(27-30)28-47)31-13-9-10-14-36(31)53-40)35-23-34-32-16-21-56-19-11-17-48(8-2)41(56)39(32)42(54(4)37(34)24-38(35)63-5)50(62,44(48)58)45(59)52-18-12-22-65-43(57)29(3)51/h9-11,13-14,17,23-24,29-30,32,39,41-42,44,53,58,61-62H,7-8,12,15-16,18-22,25-28,51H2,1-6H3,(H,52,59). The van der Waals surface area contributed by atoms with Gasteiger partial charge in [0.05, 0.1) is 32.5 Å². The second kappa shape index (κ2) is 17.0. The fourth-order valence-corrected chi connectivity index (χ4v) is 13.7. The predicted molar refractivity (Wildman–Crippen MR) is 246 cm³/mol. The Hall–Kier alpha value is -4.51. The van der Waals surface area contributed by atoms with Gasteiger partial charge in [-0.2, -0.15) is 0 Å². The number of amides is 1. The summed E-state index contributed by atoms with van der Waals surface area (Å²) in [4.78, 5) is 52.5. The molecule has 2 saturated heterocycles. The summed E-state index contributed by atoms with van der Waals surface area (Å²) in [5.41, 5.74) is 5.26. The summed E-state index contributed by atoms with van der Waals surface area (Å²) in [5, 5.41) is 41.9. The van der Waals surface area contributed by atoms with Gasteiger partial charge in [0.15, 0.2) is 5.60 Å². The molecule has 1 aromatic heterocycles. The first kappa shape index (κ1) is 45.6. The average molecular weight is 897 g/mol. The van der Waals surface area contributed by atoms with E-state index in [0.717, 1.165) is 53.0 Å². The minimum atomic E-state index is -2.27. The van der Waals surface area contributed by atoms with Crippen LogP contribution in [-0.2, 0) is 35.7 Å². The molecule has 15 nitrogen and oxygen atoms in total. The van der Waals surface area contributed by atoms with E-state index in [-0.39, 0.29) is 43.4 Å². The maximum Gasteiger partial charge on any atom is 0.322 e. The van der Waals surface area contributed by atoms with Crippen molar-refractivity contribution in [1.29, 1.82) is 0 Å². The molecule has 15 heteroatoms. The van der Waals surface area contributed by atoms with Gasteiger partial charge >= 0.3 is 11.9 Å². The maximum atomic E-state index is 15.3. The molecule has 0 radical (unpaired) electrons. The second-order valence-corrected chi connectivity index (χ2v) is 20.0. The van der Waals surface area contributed by atoms with Crippen molar-refractivity contribution >= 4 is 34.4 Å². The molecule has 2 aromatic carbocycles. The first-order valence-corrected chi connectivity index (χ1v) is 23.7. The lowest BCUT2D eigenvalue weighted by Gasteiger charge is -2.68. The molecule has 7 N–H and O–H groups in total. The lowest BCUT2D eigenvalue weighted by atomic mass is 9.48. The minimum absolute atomic E-state index is 0.0371. The number of rotatable bonds is 11. The van der Waals surface area contributed by atoms with Gasteiger partial charge in [0, 0.05) is 91.1 Å². The first-order valence-electron chi connectivity index (χ1n) is 23.7. The zero-order valence-electron chi connectivity index (χ0n) is 38.8. The number of aromatic nitrogens is 1. The van der Waals surface area contributed by atoms with Crippen LogP contribution in [0.4, 0.5) is 5.69 Å². The number of carbonyl (C=O) groups is 3. The number of aliphatic hydroxyl groups is 3. The number of hydrogen-bond donors (Lipinski definition) is 6. The molecular weight excluding hydrogens is 829 g/mol. The highest BCUT2D eigenvalue weighted by molar-refractivity contribution is 5.94. The van der Waals surface area contributed by atoms with Crippen molar-refractivity contribution in [3.8, 4) is 5.75 Å². The average Bonchev–Trinajstić information content (AvgIpc) is 3.70. The van der Waals surface area contributed by atoms with Crippen LogP contribution in [0, 0.1) is 17.3 Å². The zero-order chi connectivity index (χ0) is 46.2. The summed E-state index contributed by atoms with van der Waals surface area (Å²) in [6.45, 7) is 9.13. The number of aromatic amines is 1. The van der Waals surface area contributed by atoms with Gasteiger partial charge in [-0.3, -0.25) is 24.2 Å². The quantitative estimate of drug-likeness (QED) is 0.0933. The molecule has 1 saturated carbocycles. The number of carbonyl (C=O) groups excluding carboxylic acids is 3. The van der Waals surface area contributed by atoms with E-state index in [1.165, 1.54) is 7.11 Å². The van der Waals surface area contributed by atoms with Gasteiger partial charge in [0.1, 0.15) is 23.3 Å². The fourth-order valence-electron chi connectivity index (χ4n) is 13.7. The topological polar surface area (TPSA) is 203 Å². The molecular formula is C50H68N6O9. The van der Waals surface area contributed by atoms with Crippen LogP contribution >= 0.6 is 0 Å². The number of ether oxygens (including phenoxy) is 3. The van der Waals surface area contributed by atoms with E-state index in [1.807, 2.05) is 56.1 Å². The highest BCUT2D eigenvalue weighted by atomic mass is 16.5. The molecule has 6 heterocycles. The number of nitrogens with two attached hydrogens (primary N) is 1. The number of nitrogens with one attached hydrogen (secondary N) is 2. The van der Waals surface area contributed by atoms with Crippen molar-refractivity contribution in [2.45, 2.75) is 112 Å². The molecule has 12 unspecified atom stereocenters. The van der Waals surface area contributed by atoms with Crippen molar-refractivity contribution in [2.75, 3.05) is 72.0 Å². The van der Waals surface area contributed by atoms with Crippen LogP contribution in [0.1, 0.15) is 87.6 Å². The molecule has 0 spiro atoms. The molecule has 65 heavy (non-hydrogen) atoms. The van der Waals surface area contributed by atoms with E-state index in [4.69, 9.17) is 19.9 Å². The third-order valence-electron chi connectivity index (χ3n) is 16.6. The molecule has 12 atom stereocenters. The molecule has 352 valence electrons. The molecule has 5 aliphatic heterocycles. The number of esters is 2. The van der Waals surface area contributed by atoms with Crippen molar-refractivity contribution in [3.63, 3.8) is 0 Å². The third kappa shape index (κ3) is 6.93. The highest BCUT2D eigenvalue weighted by Gasteiger charge is 2.72. The summed E-state index contributed by atoms with van der Waals surface area (Å²) in [6.07, 6.45) is 6.22. The van der Waals surface area contributed by atoms with E-state index < -0.39 is 58.1 Å². The minimum Gasteiger partial charge on any atom is -0.496 e. The van der Waals surface area contributed by atoms with E-state index in [0.29, 0.717) is 62.9 Å². The van der Waals surface area contributed by atoms with Gasteiger partial charge in [-0.05, 0) is 93.5 Å². The number of fused-ring (bicyclic) bond motifs is 7. The van der Waals surface area contributed by atoms with Crippen molar-refractivity contribution < 1.29 is 43.9 Å². The number of aliphatic hydroxyl groups excluding tert-OH is 1. The third-order valence-corrected chi connectivity index (χ3v) is 16.6. The van der Waals surface area contributed by atoms with E-state index in [9.17, 15) is 24.9 Å². The lowest BCUT2D eigenvalue weighted by molar-refractivity contribution is -0.218. The van der Waals surface area contributed by atoms with Gasteiger partial charge in [-0.25, -0.2) is 0 Å². The Balaban J connectivity index is 1.22. The van der Waals surface area contributed by atoms with Crippen LogP contribution in [-0.4, -0.2) is 151 Å². The molecule has 1 aliphatic carbocycles. The molecule has 1 amide bonds. The summed E-state index contributed by atoms with van der Waals surface area (Å²) in [7, 11) is 4.92. The molecule has 2 bridgehead atoms. The van der Waals surface area contributed by atoms with Crippen LogP contribution in [0.2, 0.25) is 0 Å². The van der Waals surface area contributed by atoms with Gasteiger partial charge in [0.25, 0.3) is 5.91 Å². The number of benzene rings is 2. The number of H-pyrrole nitrogens is 1. The fraction of sp³-hybridized carbons (Fsp3) is 0.620. The summed E-state index contributed by atoms with van der Waals surface area (Å²) >= 11 is 0. The van der Waals surface area contributed by atoms with Gasteiger partial charge in [-0.1, -0.05) is 44.2 Å². The smallest absolute Gasteiger partial charge is 0.322 e. The second-order valence-electron chi connectivity index (χ2n) is 20.0. The summed E-state index contributed by atoms with van der Waals surface area (Å²) < 4.78 is 17.6. The Morgan fingerprint density at radius 1 is 1.06 bits per heavy atom. The lowest BCUT2D eigenvalue weighted by Crippen LogP contribution is -2.82. The van der Waals surface area contributed by atoms with Crippen LogP contribution < -0.4 is 20.7 Å². The maximum absolute atomic E-state index is 15.3. The Bertz CT molecular complexity index is 2370. The van der Waals surface area contributed by atoms with Crippen LogP contribution in [0.5, 0.6) is 5.75 Å². The van der Waals surface area contributed by atoms with E-state index in [1.54, 1.807) is 14.0 Å². The SMILES string of the molecule is CCC1(O)CC2CN(CCc3c([nH]c4ccccc34)C(C(=O)OC)(c3cc4c(cc3OC)N(C)C3C5C4CCN4CC=CC(CC)(C54)C(O)C3(O)C(=O)NCCCOC(=O)C(C)N)C2)C1. The van der Waals surface area contributed by atoms with Crippen LogP contribution in [0.25, 0.3) is 10.9 Å². The van der Waals surface area contributed by atoms with Crippen LogP contribution in [0.15, 0.2) is 48.6 Å². The van der Waals surface area contributed by atoms with Gasteiger partial charge in [-0.15, -0.1) is 0 Å². The van der Waals surface area contributed by atoms with Gasteiger partial charge < -0.3 is 50.5 Å². The number of nitrogens with zero attached hydrogens (tertiary/aromatic N) is 3. The highest BCUT2D eigenvalue weighted by Crippen LogP contribution is 2.63. The van der Waals surface area contributed by atoms with E-state index >= 15 is 4.79 Å². The van der Waals surface area contributed by atoms with Crippen LogP contribution in [0.3, 0.4) is 0 Å². The van der Waals surface area contributed by atoms with E-state index in [2.05, 4.69) is 38.3 Å². The van der Waals surface area contributed by atoms with Crippen molar-refractivity contribution in [2.24, 2.45) is 23.0 Å². The number of hydrogen-bond acceptors (Lipinski definition) is 13. The summed E-state index contributed by atoms with van der Waals surface area (Å²) in [6, 6.07) is 10.4. The van der Waals surface area contributed by atoms with Gasteiger partial charge in [0.2, 0.25) is 0 Å². The van der Waals surface area contributed by atoms with Crippen molar-refractivity contribution in [1.82, 2.24) is 20.1 Å².